The first-order valence-electron chi connectivity index (χ1n) is 6.59. The lowest BCUT2D eigenvalue weighted by Crippen LogP contribution is -2.34. The van der Waals surface area contributed by atoms with Gasteiger partial charge >= 0.3 is 0 Å². The van der Waals surface area contributed by atoms with E-state index >= 15 is 0 Å². The molecule has 3 nitrogen and oxygen atoms in total. The number of rotatable bonds is 6. The van der Waals surface area contributed by atoms with Crippen molar-refractivity contribution in [3.8, 4) is 5.75 Å². The van der Waals surface area contributed by atoms with Gasteiger partial charge in [0.15, 0.2) is 0 Å². The molecule has 1 aromatic carbocycles. The molecule has 1 aromatic rings. The summed E-state index contributed by atoms with van der Waals surface area (Å²) in [6.45, 7) is 9.12. The van der Waals surface area contributed by atoms with Gasteiger partial charge in [0.25, 0.3) is 0 Å². The lowest BCUT2D eigenvalue weighted by atomic mass is 10.0. The third-order valence-corrected chi connectivity index (χ3v) is 3.36. The Labute approximate surface area is 110 Å². The van der Waals surface area contributed by atoms with Gasteiger partial charge in [0.05, 0.1) is 0 Å². The van der Waals surface area contributed by atoms with Crippen LogP contribution in [-0.2, 0) is 6.54 Å². The van der Waals surface area contributed by atoms with Crippen molar-refractivity contribution in [1.29, 1.82) is 0 Å². The maximum Gasteiger partial charge on any atom is 0.121 e. The van der Waals surface area contributed by atoms with E-state index in [1.54, 1.807) is 0 Å². The van der Waals surface area contributed by atoms with Crippen LogP contribution in [0.5, 0.6) is 5.75 Å². The van der Waals surface area contributed by atoms with Crippen LogP contribution in [0.2, 0.25) is 0 Å². The molecule has 3 N–H and O–H groups in total. The molecule has 0 fully saturated rings. The standard InChI is InChI=1S/C15H25NO2/c1-10(2)14(5-6-17)16-9-13-7-11(3)15(18)12(4)8-13/h7-8,10,14,16-18H,5-6,9H2,1-4H3. The van der Waals surface area contributed by atoms with E-state index in [2.05, 4.69) is 19.2 Å². The molecule has 0 aromatic heterocycles. The van der Waals surface area contributed by atoms with Crippen molar-refractivity contribution in [1.82, 2.24) is 5.32 Å². The van der Waals surface area contributed by atoms with Crippen molar-refractivity contribution in [2.75, 3.05) is 6.61 Å². The summed E-state index contributed by atoms with van der Waals surface area (Å²) >= 11 is 0. The van der Waals surface area contributed by atoms with Gasteiger partial charge in [-0.1, -0.05) is 26.0 Å². The fourth-order valence-electron chi connectivity index (χ4n) is 2.21. The number of aliphatic hydroxyl groups excluding tert-OH is 1. The Hall–Kier alpha value is -1.06. The van der Waals surface area contributed by atoms with E-state index < -0.39 is 0 Å². The number of nitrogens with one attached hydrogen (secondary N) is 1. The quantitative estimate of drug-likeness (QED) is 0.728. The number of phenols is 1. The van der Waals surface area contributed by atoms with Crippen LogP contribution in [0.4, 0.5) is 0 Å². The predicted octanol–water partition coefficient (Wildman–Crippen LogP) is 2.51. The van der Waals surface area contributed by atoms with E-state index in [9.17, 15) is 5.11 Å². The first-order chi connectivity index (χ1) is 8.45. The SMILES string of the molecule is Cc1cc(CNC(CCO)C(C)C)cc(C)c1O. The topological polar surface area (TPSA) is 52.5 Å². The van der Waals surface area contributed by atoms with E-state index in [0.717, 1.165) is 24.1 Å². The first kappa shape index (κ1) is 15.0. The Morgan fingerprint density at radius 1 is 1.17 bits per heavy atom. The Kier molecular flexibility index (Phi) is 5.63. The van der Waals surface area contributed by atoms with Crippen LogP contribution in [0.1, 0.15) is 37.0 Å². The van der Waals surface area contributed by atoms with Crippen LogP contribution >= 0.6 is 0 Å². The molecule has 0 saturated heterocycles. The normalized spacial score (nSPS) is 13.0. The van der Waals surface area contributed by atoms with Gasteiger partial charge in [-0.05, 0) is 42.9 Å². The molecular formula is C15H25NO2. The van der Waals surface area contributed by atoms with Crippen molar-refractivity contribution in [2.45, 2.75) is 46.7 Å². The summed E-state index contributed by atoms with van der Waals surface area (Å²) in [7, 11) is 0. The summed E-state index contributed by atoms with van der Waals surface area (Å²) in [5.74, 6) is 0.881. The number of phenolic OH excluding ortho intramolecular Hbond substituents is 1. The van der Waals surface area contributed by atoms with Gasteiger partial charge in [0, 0.05) is 19.2 Å². The van der Waals surface area contributed by atoms with E-state index in [0.29, 0.717) is 17.7 Å². The summed E-state index contributed by atoms with van der Waals surface area (Å²) < 4.78 is 0. The lowest BCUT2D eigenvalue weighted by molar-refractivity contribution is 0.244. The maximum absolute atomic E-state index is 9.73. The summed E-state index contributed by atoms with van der Waals surface area (Å²) in [5, 5.41) is 22.2. The molecule has 0 spiro atoms. The second kappa shape index (κ2) is 6.76. The maximum atomic E-state index is 9.73. The predicted molar refractivity (Wildman–Crippen MR) is 74.7 cm³/mol. The van der Waals surface area contributed by atoms with Crippen LogP contribution in [0.15, 0.2) is 12.1 Å². The number of hydrogen-bond acceptors (Lipinski definition) is 3. The zero-order valence-electron chi connectivity index (χ0n) is 11.8. The van der Waals surface area contributed by atoms with Crippen molar-refractivity contribution >= 4 is 0 Å². The first-order valence-corrected chi connectivity index (χ1v) is 6.59. The highest BCUT2D eigenvalue weighted by atomic mass is 16.3. The molecule has 1 atom stereocenters. The van der Waals surface area contributed by atoms with Crippen molar-refractivity contribution in [3.63, 3.8) is 0 Å². The lowest BCUT2D eigenvalue weighted by Gasteiger charge is -2.22. The zero-order chi connectivity index (χ0) is 13.7. The van der Waals surface area contributed by atoms with Gasteiger partial charge in [-0.25, -0.2) is 0 Å². The second-order valence-corrected chi connectivity index (χ2v) is 5.32. The fourth-order valence-corrected chi connectivity index (χ4v) is 2.21. The minimum atomic E-state index is 0.212. The smallest absolute Gasteiger partial charge is 0.121 e. The summed E-state index contributed by atoms with van der Waals surface area (Å²) in [6, 6.07) is 4.33. The fraction of sp³-hybridized carbons (Fsp3) is 0.600. The van der Waals surface area contributed by atoms with E-state index in [1.165, 1.54) is 5.56 Å². The summed E-state index contributed by atoms with van der Waals surface area (Å²) in [5.41, 5.74) is 3.00. The van der Waals surface area contributed by atoms with Crippen LogP contribution in [-0.4, -0.2) is 22.9 Å². The molecule has 0 aliphatic heterocycles. The molecule has 3 heteroatoms. The van der Waals surface area contributed by atoms with Gasteiger partial charge in [0.1, 0.15) is 5.75 Å². The molecule has 0 heterocycles. The van der Waals surface area contributed by atoms with Crippen LogP contribution in [0.3, 0.4) is 0 Å². The Balaban J connectivity index is 2.67. The Bertz CT molecular complexity index is 365. The van der Waals surface area contributed by atoms with Gasteiger partial charge in [-0.2, -0.15) is 0 Å². The number of aromatic hydroxyl groups is 1. The summed E-state index contributed by atoms with van der Waals surface area (Å²) in [4.78, 5) is 0. The number of hydrogen-bond donors (Lipinski definition) is 3. The molecular weight excluding hydrogens is 226 g/mol. The average molecular weight is 251 g/mol. The Morgan fingerprint density at radius 2 is 1.72 bits per heavy atom. The summed E-state index contributed by atoms with van der Waals surface area (Å²) in [6.07, 6.45) is 0.772. The number of aliphatic hydroxyl groups is 1. The molecule has 0 aliphatic carbocycles. The highest BCUT2D eigenvalue weighted by Crippen LogP contribution is 2.23. The van der Waals surface area contributed by atoms with E-state index in [4.69, 9.17) is 5.11 Å². The minimum Gasteiger partial charge on any atom is -0.507 e. The molecule has 0 saturated carbocycles. The largest absolute Gasteiger partial charge is 0.507 e. The van der Waals surface area contributed by atoms with Crippen molar-refractivity contribution < 1.29 is 10.2 Å². The van der Waals surface area contributed by atoms with Gasteiger partial charge in [-0.3, -0.25) is 0 Å². The minimum absolute atomic E-state index is 0.212. The number of benzene rings is 1. The highest BCUT2D eigenvalue weighted by Gasteiger charge is 2.12. The molecule has 1 rings (SSSR count). The molecule has 1 unspecified atom stereocenters. The van der Waals surface area contributed by atoms with Crippen molar-refractivity contribution in [3.05, 3.63) is 28.8 Å². The van der Waals surface area contributed by atoms with E-state index in [1.807, 2.05) is 26.0 Å². The van der Waals surface area contributed by atoms with Crippen molar-refractivity contribution in [2.24, 2.45) is 5.92 Å². The zero-order valence-corrected chi connectivity index (χ0v) is 11.8. The van der Waals surface area contributed by atoms with Gasteiger partial charge in [-0.15, -0.1) is 0 Å². The second-order valence-electron chi connectivity index (χ2n) is 5.32. The van der Waals surface area contributed by atoms with Gasteiger partial charge in [0.2, 0.25) is 0 Å². The monoisotopic (exact) mass is 251 g/mol. The molecule has 0 aliphatic rings. The molecule has 18 heavy (non-hydrogen) atoms. The third kappa shape index (κ3) is 4.00. The average Bonchev–Trinajstić information content (AvgIpc) is 2.30. The Morgan fingerprint density at radius 3 is 2.17 bits per heavy atom. The molecule has 102 valence electrons. The van der Waals surface area contributed by atoms with Crippen LogP contribution in [0, 0.1) is 19.8 Å². The molecule has 0 bridgehead atoms. The number of aryl methyl sites for hydroxylation is 2. The highest BCUT2D eigenvalue weighted by molar-refractivity contribution is 5.42. The van der Waals surface area contributed by atoms with Gasteiger partial charge < -0.3 is 15.5 Å². The van der Waals surface area contributed by atoms with Crippen LogP contribution < -0.4 is 5.32 Å². The van der Waals surface area contributed by atoms with E-state index in [-0.39, 0.29) is 6.61 Å². The molecule has 0 amide bonds. The van der Waals surface area contributed by atoms with Crippen LogP contribution in [0.25, 0.3) is 0 Å². The molecule has 0 radical (unpaired) electrons. The third-order valence-electron chi connectivity index (χ3n) is 3.36.